The molecule has 0 radical (unpaired) electrons. The van der Waals surface area contributed by atoms with Gasteiger partial charge in [0.25, 0.3) is 5.91 Å². The fourth-order valence-electron chi connectivity index (χ4n) is 5.04. The van der Waals surface area contributed by atoms with Gasteiger partial charge in [-0.1, -0.05) is 47.0 Å². The number of carbonyl (C=O) groups excluding carboxylic acids is 3. The van der Waals surface area contributed by atoms with Crippen LogP contribution in [0, 0.1) is 17.3 Å². The lowest BCUT2D eigenvalue weighted by Crippen LogP contribution is -2.67. The van der Waals surface area contributed by atoms with Gasteiger partial charge in [-0.15, -0.1) is 0 Å². The topological polar surface area (TPSA) is 66.5 Å². The zero-order valence-electron chi connectivity index (χ0n) is 18.1. The first-order valence-corrected chi connectivity index (χ1v) is 10.8. The van der Waals surface area contributed by atoms with Crippen molar-refractivity contribution in [2.24, 2.45) is 17.3 Å². The molecule has 1 unspecified atom stereocenters. The first kappa shape index (κ1) is 22.8. The number of nitrogens with zero attached hydrogens (tertiary/aromatic N) is 1. The maximum Gasteiger partial charge on any atom is 0.425 e. The Kier molecular flexibility index (Phi) is 5.84. The molecule has 30 heavy (non-hydrogen) atoms. The summed E-state index contributed by atoms with van der Waals surface area (Å²) in [7, 11) is 0. The van der Waals surface area contributed by atoms with Crippen molar-refractivity contribution >= 4 is 17.6 Å². The van der Waals surface area contributed by atoms with E-state index in [0.717, 1.165) is 24.2 Å². The number of amides is 2. The molecule has 1 heterocycles. The summed E-state index contributed by atoms with van der Waals surface area (Å²) in [5.74, 6) is -3.40. The summed E-state index contributed by atoms with van der Waals surface area (Å²) >= 11 is 0. The third-order valence-electron chi connectivity index (χ3n) is 6.38. The highest BCUT2D eigenvalue weighted by molar-refractivity contribution is 6.13. The van der Waals surface area contributed by atoms with Crippen LogP contribution in [0.15, 0.2) is 11.3 Å². The summed E-state index contributed by atoms with van der Waals surface area (Å²) < 4.78 is 43.8. The van der Waals surface area contributed by atoms with Gasteiger partial charge in [-0.05, 0) is 30.6 Å². The molecule has 3 rings (SSSR count). The van der Waals surface area contributed by atoms with E-state index < -0.39 is 46.2 Å². The molecule has 0 aromatic rings. The van der Waals surface area contributed by atoms with E-state index in [1.807, 2.05) is 0 Å². The van der Waals surface area contributed by atoms with Crippen molar-refractivity contribution in [1.82, 2.24) is 10.2 Å². The second-order valence-electron chi connectivity index (χ2n) is 10.1. The lowest BCUT2D eigenvalue weighted by molar-refractivity contribution is -0.195. The number of alkyl halides is 3. The molecule has 1 fully saturated rings. The molecule has 5 nitrogen and oxygen atoms in total. The van der Waals surface area contributed by atoms with Crippen molar-refractivity contribution in [2.75, 3.05) is 6.54 Å². The van der Waals surface area contributed by atoms with Crippen LogP contribution in [-0.2, 0) is 14.4 Å². The molecular weight excluding hydrogens is 397 g/mol. The van der Waals surface area contributed by atoms with Crippen LogP contribution in [0.1, 0.15) is 72.6 Å². The molecule has 1 saturated carbocycles. The highest BCUT2D eigenvalue weighted by Crippen LogP contribution is 2.52. The van der Waals surface area contributed by atoms with E-state index >= 15 is 0 Å². The van der Waals surface area contributed by atoms with Crippen molar-refractivity contribution in [3.8, 4) is 0 Å². The number of halogens is 3. The van der Waals surface area contributed by atoms with Crippen LogP contribution in [-0.4, -0.2) is 40.8 Å². The summed E-state index contributed by atoms with van der Waals surface area (Å²) in [6, 6.07) is 0. The number of allylic oxidation sites excluding steroid dienone is 1. The van der Waals surface area contributed by atoms with Crippen LogP contribution < -0.4 is 5.32 Å². The number of hydrogen-bond donors (Lipinski definition) is 1. The first-order chi connectivity index (χ1) is 13.8. The molecule has 2 aliphatic carbocycles. The Hall–Kier alpha value is -1.86. The van der Waals surface area contributed by atoms with Gasteiger partial charge < -0.3 is 10.2 Å². The number of nitrogens with one attached hydrogen (secondary N) is 1. The number of hydrogen-bond acceptors (Lipinski definition) is 3. The summed E-state index contributed by atoms with van der Waals surface area (Å²) in [6.45, 7) is 7.29. The van der Waals surface area contributed by atoms with Crippen LogP contribution in [0.3, 0.4) is 0 Å². The number of Topliss-reactive ketones (excluding diaryl/α,β-unsaturated/α-hetero) is 1. The predicted molar refractivity (Wildman–Crippen MR) is 105 cm³/mol. The van der Waals surface area contributed by atoms with Gasteiger partial charge in [-0.2, -0.15) is 13.2 Å². The largest absolute Gasteiger partial charge is 0.425 e. The third kappa shape index (κ3) is 3.78. The highest BCUT2D eigenvalue weighted by atomic mass is 19.4. The third-order valence-corrected chi connectivity index (χ3v) is 6.38. The maximum absolute atomic E-state index is 14.6. The van der Waals surface area contributed by atoms with Crippen molar-refractivity contribution < 1.29 is 27.6 Å². The Labute approximate surface area is 175 Å². The first-order valence-electron chi connectivity index (χ1n) is 10.8. The van der Waals surface area contributed by atoms with Crippen molar-refractivity contribution in [3.63, 3.8) is 0 Å². The molecule has 168 valence electrons. The lowest BCUT2D eigenvalue weighted by atomic mass is 9.72. The summed E-state index contributed by atoms with van der Waals surface area (Å²) in [6.07, 6.45) is -1.55. The smallest absolute Gasteiger partial charge is 0.330 e. The van der Waals surface area contributed by atoms with E-state index in [1.54, 1.807) is 27.7 Å². The number of carbonyl (C=O) groups is 3. The van der Waals surface area contributed by atoms with E-state index in [2.05, 4.69) is 5.32 Å². The van der Waals surface area contributed by atoms with Gasteiger partial charge >= 0.3 is 6.18 Å². The number of ketones is 1. The minimum atomic E-state index is -5.11. The van der Waals surface area contributed by atoms with E-state index in [4.69, 9.17) is 0 Å². The Morgan fingerprint density at radius 3 is 2.27 bits per heavy atom. The van der Waals surface area contributed by atoms with Crippen LogP contribution in [0.4, 0.5) is 13.2 Å². The molecule has 0 aromatic carbocycles. The molecule has 1 N–H and O–H groups in total. The minimum Gasteiger partial charge on any atom is -0.330 e. The van der Waals surface area contributed by atoms with Crippen molar-refractivity contribution in [1.29, 1.82) is 0 Å². The molecule has 3 aliphatic rings. The molecular formula is C22H31F3N2O3. The van der Waals surface area contributed by atoms with E-state index in [-0.39, 0.29) is 31.0 Å². The standard InChI is InChI=1S/C22H31F3N2O3/c1-13(2)12-27-15-10-20(3,4)11-16(28)17(15)21(19(27)30,22(23,24)25)26-18(29)14-8-6-5-7-9-14/h13-14H,5-12H2,1-4H3,(H,26,29). The van der Waals surface area contributed by atoms with Gasteiger partial charge in [0.05, 0.1) is 5.57 Å². The predicted octanol–water partition coefficient (Wildman–Crippen LogP) is 4.13. The lowest BCUT2D eigenvalue weighted by Gasteiger charge is -2.36. The van der Waals surface area contributed by atoms with Crippen LogP contribution >= 0.6 is 0 Å². The van der Waals surface area contributed by atoms with Crippen molar-refractivity contribution in [3.05, 3.63) is 11.3 Å². The van der Waals surface area contributed by atoms with Gasteiger partial charge in [-0.25, -0.2) is 0 Å². The second-order valence-corrected chi connectivity index (χ2v) is 10.1. The zero-order valence-corrected chi connectivity index (χ0v) is 18.1. The quantitative estimate of drug-likeness (QED) is 0.732. The number of rotatable bonds is 4. The molecule has 0 aromatic heterocycles. The van der Waals surface area contributed by atoms with Gasteiger partial charge in [0.2, 0.25) is 11.4 Å². The normalized spacial score (nSPS) is 27.7. The Bertz CT molecular complexity index is 779. The summed E-state index contributed by atoms with van der Waals surface area (Å²) in [5, 5.41) is 2.08. The summed E-state index contributed by atoms with van der Waals surface area (Å²) in [5.41, 5.74) is -4.28. The van der Waals surface area contributed by atoms with Crippen LogP contribution in [0.25, 0.3) is 0 Å². The van der Waals surface area contributed by atoms with E-state index in [9.17, 15) is 27.6 Å². The average Bonchev–Trinajstić information content (AvgIpc) is 2.84. The molecule has 8 heteroatoms. The highest BCUT2D eigenvalue weighted by Gasteiger charge is 2.71. The van der Waals surface area contributed by atoms with Crippen molar-refractivity contribution in [2.45, 2.75) is 84.4 Å². The van der Waals surface area contributed by atoms with Crippen LogP contribution in [0.2, 0.25) is 0 Å². The molecule has 0 spiro atoms. The Morgan fingerprint density at radius 2 is 1.73 bits per heavy atom. The fourth-order valence-corrected chi connectivity index (χ4v) is 5.04. The molecule has 2 amide bonds. The molecule has 1 atom stereocenters. The molecule has 0 bridgehead atoms. The van der Waals surface area contributed by atoms with Gasteiger partial charge in [0, 0.05) is 24.6 Å². The Balaban J connectivity index is 2.12. The van der Waals surface area contributed by atoms with Gasteiger partial charge in [0.1, 0.15) is 0 Å². The SMILES string of the molecule is CC(C)CN1C(=O)C(NC(=O)C2CCCCC2)(C(F)(F)F)C2=C1CC(C)(C)CC2=O. The molecule has 1 aliphatic heterocycles. The monoisotopic (exact) mass is 428 g/mol. The minimum absolute atomic E-state index is 0.0676. The van der Waals surface area contributed by atoms with E-state index in [1.165, 1.54) is 0 Å². The molecule has 0 saturated heterocycles. The Morgan fingerprint density at radius 1 is 1.13 bits per heavy atom. The van der Waals surface area contributed by atoms with Crippen LogP contribution in [0.5, 0.6) is 0 Å². The van der Waals surface area contributed by atoms with E-state index in [0.29, 0.717) is 12.8 Å². The van der Waals surface area contributed by atoms with Gasteiger partial charge in [0.15, 0.2) is 5.78 Å². The average molecular weight is 428 g/mol. The zero-order chi connectivity index (χ0) is 22.5. The van der Waals surface area contributed by atoms with Gasteiger partial charge in [-0.3, -0.25) is 14.4 Å². The summed E-state index contributed by atoms with van der Waals surface area (Å²) in [4.78, 5) is 40.3. The maximum atomic E-state index is 14.6. The fraction of sp³-hybridized carbons (Fsp3) is 0.773. The second kappa shape index (κ2) is 7.68.